The summed E-state index contributed by atoms with van der Waals surface area (Å²) in [7, 11) is 1.66. The summed E-state index contributed by atoms with van der Waals surface area (Å²) < 4.78 is 11.0. The van der Waals surface area contributed by atoms with Crippen LogP contribution in [0, 0.1) is 5.92 Å². The lowest BCUT2D eigenvalue weighted by molar-refractivity contribution is -0.126. The maximum Gasteiger partial charge on any atom is 0.223 e. The second-order valence-electron chi connectivity index (χ2n) is 8.77. The molecule has 0 heterocycles. The Morgan fingerprint density at radius 2 is 1.94 bits per heavy atom. The highest BCUT2D eigenvalue weighted by molar-refractivity contribution is 5.81. The lowest BCUT2D eigenvalue weighted by Gasteiger charge is -2.30. The van der Waals surface area contributed by atoms with Gasteiger partial charge in [0.05, 0.1) is 13.7 Å². The van der Waals surface area contributed by atoms with Crippen molar-refractivity contribution in [1.29, 1.82) is 0 Å². The van der Waals surface area contributed by atoms with Crippen LogP contribution in [-0.2, 0) is 11.2 Å². The van der Waals surface area contributed by atoms with Crippen LogP contribution in [0.15, 0.2) is 23.2 Å². The lowest BCUT2D eigenvalue weighted by Crippen LogP contribution is -2.47. The second kappa shape index (κ2) is 12.6. The summed E-state index contributed by atoms with van der Waals surface area (Å²) >= 11 is 0. The number of methoxy groups -OCH3 is 1. The Labute approximate surface area is 192 Å². The highest BCUT2D eigenvalue weighted by atomic mass is 16.5. The summed E-state index contributed by atoms with van der Waals surface area (Å²) in [6.07, 6.45) is 8.21. The van der Waals surface area contributed by atoms with E-state index >= 15 is 0 Å². The van der Waals surface area contributed by atoms with Crippen molar-refractivity contribution in [2.24, 2.45) is 10.9 Å². The molecule has 0 aliphatic heterocycles. The molecular weight excluding hydrogens is 404 g/mol. The Kier molecular flexibility index (Phi) is 9.50. The fourth-order valence-corrected chi connectivity index (χ4v) is 4.24. The summed E-state index contributed by atoms with van der Waals surface area (Å²) in [6.45, 7) is 6.23. The molecule has 2 atom stereocenters. The normalized spacial score (nSPS) is 21.0. The predicted molar refractivity (Wildman–Crippen MR) is 129 cm³/mol. The van der Waals surface area contributed by atoms with Crippen LogP contribution in [-0.4, -0.2) is 50.8 Å². The van der Waals surface area contributed by atoms with Gasteiger partial charge in [-0.05, 0) is 76.5 Å². The molecule has 2 fully saturated rings. The number of aliphatic imine (C=N–C) groups is 1. The van der Waals surface area contributed by atoms with Gasteiger partial charge in [0.25, 0.3) is 0 Å². The molecule has 0 saturated heterocycles. The molecule has 1 amide bonds. The first-order chi connectivity index (χ1) is 15.6. The molecule has 2 aliphatic rings. The first-order valence-electron chi connectivity index (χ1n) is 12.3. The van der Waals surface area contributed by atoms with E-state index < -0.39 is 0 Å². The van der Waals surface area contributed by atoms with Gasteiger partial charge in [-0.25, -0.2) is 0 Å². The van der Waals surface area contributed by atoms with E-state index in [0.29, 0.717) is 18.7 Å². The zero-order chi connectivity index (χ0) is 22.8. The summed E-state index contributed by atoms with van der Waals surface area (Å²) in [5.41, 5.74) is 1.22. The number of hydrogen-bond acceptors (Lipinski definition) is 4. The van der Waals surface area contributed by atoms with E-state index in [2.05, 4.69) is 35.0 Å². The van der Waals surface area contributed by atoms with Crippen LogP contribution in [0.25, 0.3) is 0 Å². The summed E-state index contributed by atoms with van der Waals surface area (Å²) in [6, 6.07) is 6.85. The number of amides is 1. The van der Waals surface area contributed by atoms with E-state index in [1.807, 2.05) is 13.0 Å². The number of benzene rings is 1. The Hall–Kier alpha value is -2.44. The lowest BCUT2D eigenvalue weighted by atomic mass is 9.85. The summed E-state index contributed by atoms with van der Waals surface area (Å²) in [4.78, 5) is 17.2. The van der Waals surface area contributed by atoms with E-state index in [1.165, 1.54) is 5.56 Å². The van der Waals surface area contributed by atoms with E-state index in [1.54, 1.807) is 7.11 Å². The van der Waals surface area contributed by atoms with E-state index in [4.69, 9.17) is 14.5 Å². The highest BCUT2D eigenvalue weighted by Crippen LogP contribution is 2.29. The molecule has 178 valence electrons. The van der Waals surface area contributed by atoms with Crippen LogP contribution >= 0.6 is 0 Å². The minimum absolute atomic E-state index is 0.124. The van der Waals surface area contributed by atoms with Crippen LogP contribution < -0.4 is 25.4 Å². The van der Waals surface area contributed by atoms with Crippen molar-refractivity contribution < 1.29 is 14.3 Å². The number of nitrogens with one attached hydrogen (secondary N) is 3. The molecule has 3 N–H and O–H groups in total. The molecule has 0 radical (unpaired) electrons. The average molecular weight is 445 g/mol. The molecule has 0 spiro atoms. The smallest absolute Gasteiger partial charge is 0.223 e. The number of guanidine groups is 1. The van der Waals surface area contributed by atoms with E-state index in [9.17, 15) is 4.79 Å². The van der Waals surface area contributed by atoms with Crippen molar-refractivity contribution in [2.45, 2.75) is 77.3 Å². The molecule has 2 saturated carbocycles. The van der Waals surface area contributed by atoms with Crippen LogP contribution in [0.2, 0.25) is 0 Å². The first-order valence-corrected chi connectivity index (χ1v) is 12.3. The van der Waals surface area contributed by atoms with Crippen molar-refractivity contribution in [3.05, 3.63) is 23.8 Å². The van der Waals surface area contributed by atoms with E-state index in [0.717, 1.165) is 81.9 Å². The third-order valence-electron chi connectivity index (χ3n) is 6.08. The Morgan fingerprint density at radius 3 is 2.66 bits per heavy atom. The molecule has 2 aliphatic carbocycles. The summed E-state index contributed by atoms with van der Waals surface area (Å²) in [5.74, 6) is 2.78. The number of ether oxygens (including phenoxy) is 2. The standard InChI is InChI=1S/C25H40N4O3/c1-4-26-25(29-21-10-6-9-19(17-21)24(30)28-20-12-13-20)27-15-7-8-18-11-14-22(31-3)23(16-18)32-5-2/h11,14,16,19-21H,4-10,12-13,15,17H2,1-3H3,(H,28,30)(H2,26,27,29). The van der Waals surface area contributed by atoms with Gasteiger partial charge in [-0.15, -0.1) is 0 Å². The predicted octanol–water partition coefficient (Wildman–Crippen LogP) is 3.42. The van der Waals surface area contributed by atoms with Crippen LogP contribution in [0.5, 0.6) is 11.5 Å². The van der Waals surface area contributed by atoms with Gasteiger partial charge in [0.15, 0.2) is 17.5 Å². The monoisotopic (exact) mass is 444 g/mol. The first kappa shape index (κ1) is 24.2. The third kappa shape index (κ3) is 7.61. The third-order valence-corrected chi connectivity index (χ3v) is 6.08. The van der Waals surface area contributed by atoms with Crippen molar-refractivity contribution in [3.8, 4) is 11.5 Å². The maximum atomic E-state index is 12.5. The van der Waals surface area contributed by atoms with Gasteiger partial charge in [-0.3, -0.25) is 9.79 Å². The van der Waals surface area contributed by atoms with Crippen LogP contribution in [0.3, 0.4) is 0 Å². The SMILES string of the molecule is CCNC(=NCCCc1ccc(OC)c(OCC)c1)NC1CCCC(C(=O)NC2CC2)C1. The van der Waals surface area contributed by atoms with Gasteiger partial charge in [0.1, 0.15) is 0 Å². The molecule has 1 aromatic rings. The van der Waals surface area contributed by atoms with Crippen molar-refractivity contribution in [1.82, 2.24) is 16.0 Å². The Bertz CT molecular complexity index is 764. The van der Waals surface area contributed by atoms with Crippen molar-refractivity contribution in [2.75, 3.05) is 26.8 Å². The van der Waals surface area contributed by atoms with Gasteiger partial charge >= 0.3 is 0 Å². The summed E-state index contributed by atoms with van der Waals surface area (Å²) in [5, 5.41) is 10.1. The molecule has 1 aromatic carbocycles. The minimum atomic E-state index is 0.124. The van der Waals surface area contributed by atoms with Gasteiger partial charge < -0.3 is 25.4 Å². The largest absolute Gasteiger partial charge is 0.493 e. The van der Waals surface area contributed by atoms with Crippen molar-refractivity contribution in [3.63, 3.8) is 0 Å². The van der Waals surface area contributed by atoms with Crippen LogP contribution in [0.1, 0.15) is 64.4 Å². The number of rotatable bonds is 11. The maximum absolute atomic E-state index is 12.5. The zero-order valence-electron chi connectivity index (χ0n) is 19.9. The quantitative estimate of drug-likeness (QED) is 0.277. The van der Waals surface area contributed by atoms with Gasteiger partial charge in [0, 0.05) is 31.1 Å². The number of carbonyl (C=O) groups excluding carboxylic acids is 1. The molecule has 3 rings (SSSR count). The second-order valence-corrected chi connectivity index (χ2v) is 8.77. The number of aryl methyl sites for hydroxylation is 1. The molecule has 0 aromatic heterocycles. The Balaban J connectivity index is 1.48. The average Bonchev–Trinajstić information content (AvgIpc) is 3.61. The molecular formula is C25H40N4O3. The molecule has 7 heteroatoms. The number of carbonyl (C=O) groups is 1. The van der Waals surface area contributed by atoms with Crippen molar-refractivity contribution >= 4 is 11.9 Å². The molecule has 2 unspecified atom stereocenters. The fraction of sp³-hybridized carbons (Fsp3) is 0.680. The van der Waals surface area contributed by atoms with Crippen LogP contribution in [0.4, 0.5) is 0 Å². The van der Waals surface area contributed by atoms with E-state index in [-0.39, 0.29) is 11.8 Å². The fourth-order valence-electron chi connectivity index (χ4n) is 4.24. The van der Waals surface area contributed by atoms with Gasteiger partial charge in [0.2, 0.25) is 5.91 Å². The number of nitrogens with zero attached hydrogens (tertiary/aromatic N) is 1. The van der Waals surface area contributed by atoms with Gasteiger partial charge in [-0.1, -0.05) is 12.5 Å². The molecule has 32 heavy (non-hydrogen) atoms. The Morgan fingerprint density at radius 1 is 1.09 bits per heavy atom. The molecule has 0 bridgehead atoms. The number of hydrogen-bond donors (Lipinski definition) is 3. The van der Waals surface area contributed by atoms with Gasteiger partial charge in [-0.2, -0.15) is 0 Å². The minimum Gasteiger partial charge on any atom is -0.493 e. The topological polar surface area (TPSA) is 84.0 Å². The highest BCUT2D eigenvalue weighted by Gasteiger charge is 2.31. The zero-order valence-corrected chi connectivity index (χ0v) is 19.9. The molecule has 7 nitrogen and oxygen atoms in total.